The van der Waals surface area contributed by atoms with Gasteiger partial charge in [0.2, 0.25) is 0 Å². The van der Waals surface area contributed by atoms with Gasteiger partial charge in [-0.15, -0.1) is 0 Å². The van der Waals surface area contributed by atoms with E-state index in [4.69, 9.17) is 16.3 Å². The molecule has 184 valence electrons. The lowest BCUT2D eigenvalue weighted by Crippen LogP contribution is -2.35. The maximum absolute atomic E-state index is 12.8. The number of sulfonamides is 1. The van der Waals surface area contributed by atoms with Crippen molar-refractivity contribution in [3.8, 4) is 0 Å². The van der Waals surface area contributed by atoms with Crippen LogP contribution in [0.1, 0.15) is 27.0 Å². The Balaban J connectivity index is 1.37. The van der Waals surface area contributed by atoms with Crippen molar-refractivity contribution in [3.05, 3.63) is 94.0 Å². The molecule has 1 amide bonds. The van der Waals surface area contributed by atoms with E-state index >= 15 is 0 Å². The van der Waals surface area contributed by atoms with E-state index < -0.39 is 10.0 Å². The fourth-order valence-corrected chi connectivity index (χ4v) is 5.00. The molecular weight excluding hydrogens is 486 g/mol. The van der Waals surface area contributed by atoms with E-state index in [1.807, 2.05) is 19.1 Å². The van der Waals surface area contributed by atoms with Crippen LogP contribution in [0.3, 0.4) is 0 Å². The number of carbonyl (C=O) groups is 1. The molecule has 3 aromatic rings. The summed E-state index contributed by atoms with van der Waals surface area (Å²) in [7, 11) is -3.79. The molecule has 0 saturated carbocycles. The number of amides is 1. The van der Waals surface area contributed by atoms with Crippen LogP contribution in [-0.2, 0) is 27.8 Å². The molecule has 0 atom stereocenters. The molecule has 3 aromatic carbocycles. The molecule has 0 aliphatic carbocycles. The van der Waals surface area contributed by atoms with Crippen molar-refractivity contribution in [2.45, 2.75) is 24.9 Å². The number of morpholine rings is 1. The molecule has 1 fully saturated rings. The molecule has 0 bridgehead atoms. The van der Waals surface area contributed by atoms with Gasteiger partial charge >= 0.3 is 0 Å². The first-order chi connectivity index (χ1) is 16.8. The van der Waals surface area contributed by atoms with Crippen LogP contribution in [0.15, 0.2) is 71.6 Å². The molecule has 0 radical (unpaired) electrons. The number of nitrogens with one attached hydrogen (secondary N) is 2. The van der Waals surface area contributed by atoms with Gasteiger partial charge in [0.05, 0.1) is 28.7 Å². The van der Waals surface area contributed by atoms with E-state index in [-0.39, 0.29) is 27.1 Å². The Bertz CT molecular complexity index is 1270. The fourth-order valence-electron chi connectivity index (χ4n) is 3.75. The summed E-state index contributed by atoms with van der Waals surface area (Å²) in [6.45, 7) is 6.47. The Morgan fingerprint density at radius 1 is 0.971 bits per heavy atom. The third kappa shape index (κ3) is 6.82. The monoisotopic (exact) mass is 513 g/mol. The molecule has 2 N–H and O–H groups in total. The quantitative estimate of drug-likeness (QED) is 0.471. The van der Waals surface area contributed by atoms with Gasteiger partial charge in [-0.3, -0.25) is 14.4 Å². The summed E-state index contributed by atoms with van der Waals surface area (Å²) in [5, 5.41) is 3.09. The highest BCUT2D eigenvalue weighted by atomic mass is 35.5. The minimum Gasteiger partial charge on any atom is -0.379 e. The number of ether oxygens (including phenoxy) is 1. The number of aryl methyl sites for hydroxylation is 1. The Kier molecular flexibility index (Phi) is 8.07. The van der Waals surface area contributed by atoms with Crippen molar-refractivity contribution in [3.63, 3.8) is 0 Å². The zero-order chi connectivity index (χ0) is 24.8. The minimum atomic E-state index is -3.79. The number of hydrogen-bond acceptors (Lipinski definition) is 5. The summed E-state index contributed by atoms with van der Waals surface area (Å²) in [4.78, 5) is 15.3. The largest absolute Gasteiger partial charge is 0.379 e. The van der Waals surface area contributed by atoms with Crippen LogP contribution in [-0.4, -0.2) is 45.5 Å². The smallest absolute Gasteiger partial charge is 0.261 e. The van der Waals surface area contributed by atoms with Crippen molar-refractivity contribution in [2.24, 2.45) is 0 Å². The average molecular weight is 514 g/mol. The summed E-state index contributed by atoms with van der Waals surface area (Å²) in [6, 6.07) is 19.1. The summed E-state index contributed by atoms with van der Waals surface area (Å²) in [5.74, 6) is -0.385. The second-order valence-electron chi connectivity index (χ2n) is 8.50. The van der Waals surface area contributed by atoms with Gasteiger partial charge in [0.15, 0.2) is 0 Å². The van der Waals surface area contributed by atoms with Gasteiger partial charge < -0.3 is 10.1 Å². The number of benzene rings is 3. The lowest BCUT2D eigenvalue weighted by atomic mass is 10.1. The standard InChI is InChI=1S/C26H28ClN3O4S/c1-19-2-9-23(10-3-19)35(32,33)29-22-8-11-25(27)24(16-22)26(31)28-17-20-4-6-21(7-5-20)18-30-12-14-34-15-13-30/h2-11,16,29H,12-15,17-18H2,1H3,(H,28,31). The molecule has 35 heavy (non-hydrogen) atoms. The second kappa shape index (κ2) is 11.2. The SMILES string of the molecule is Cc1ccc(S(=O)(=O)Nc2ccc(Cl)c(C(=O)NCc3ccc(CN4CCOCC4)cc3)c2)cc1. The lowest BCUT2D eigenvalue weighted by Gasteiger charge is -2.26. The Hall–Kier alpha value is -2.91. The Labute approximate surface area is 211 Å². The maximum Gasteiger partial charge on any atom is 0.261 e. The molecule has 1 aliphatic rings. The molecule has 0 unspecified atom stereocenters. The molecule has 0 aromatic heterocycles. The van der Waals surface area contributed by atoms with Gasteiger partial charge in [0.25, 0.3) is 15.9 Å². The molecular formula is C26H28ClN3O4S. The molecule has 9 heteroatoms. The molecule has 1 saturated heterocycles. The third-order valence-electron chi connectivity index (χ3n) is 5.78. The molecule has 1 heterocycles. The number of halogens is 1. The Morgan fingerprint density at radius 2 is 1.63 bits per heavy atom. The van der Waals surface area contributed by atoms with E-state index in [2.05, 4.69) is 27.1 Å². The van der Waals surface area contributed by atoms with Crippen LogP contribution in [0.4, 0.5) is 5.69 Å². The van der Waals surface area contributed by atoms with Crippen molar-refractivity contribution in [1.82, 2.24) is 10.2 Å². The predicted octanol–water partition coefficient (Wildman–Crippen LogP) is 4.21. The first-order valence-corrected chi connectivity index (χ1v) is 13.2. The highest BCUT2D eigenvalue weighted by molar-refractivity contribution is 7.92. The Morgan fingerprint density at radius 3 is 2.31 bits per heavy atom. The van der Waals surface area contributed by atoms with Gasteiger partial charge in [-0.1, -0.05) is 53.6 Å². The number of anilines is 1. The predicted molar refractivity (Wildman–Crippen MR) is 137 cm³/mol. The number of hydrogen-bond donors (Lipinski definition) is 2. The van der Waals surface area contributed by atoms with Gasteiger partial charge in [-0.05, 0) is 48.4 Å². The summed E-state index contributed by atoms with van der Waals surface area (Å²) < 4.78 is 33.3. The maximum atomic E-state index is 12.8. The van der Waals surface area contributed by atoms with Gasteiger partial charge in [-0.25, -0.2) is 8.42 Å². The van der Waals surface area contributed by atoms with Crippen LogP contribution < -0.4 is 10.0 Å². The molecule has 7 nitrogen and oxygen atoms in total. The molecule has 4 rings (SSSR count). The first-order valence-electron chi connectivity index (χ1n) is 11.4. The highest BCUT2D eigenvalue weighted by Gasteiger charge is 2.17. The topological polar surface area (TPSA) is 87.7 Å². The summed E-state index contributed by atoms with van der Waals surface area (Å²) >= 11 is 6.24. The van der Waals surface area contributed by atoms with E-state index in [0.29, 0.717) is 6.54 Å². The van der Waals surface area contributed by atoms with E-state index in [1.165, 1.54) is 35.9 Å². The van der Waals surface area contributed by atoms with Crippen molar-refractivity contribution in [2.75, 3.05) is 31.0 Å². The minimum absolute atomic E-state index is 0.140. The summed E-state index contributed by atoms with van der Waals surface area (Å²) in [5.41, 5.74) is 3.57. The van der Waals surface area contributed by atoms with E-state index in [0.717, 1.165) is 44.0 Å². The third-order valence-corrected chi connectivity index (χ3v) is 7.51. The van der Waals surface area contributed by atoms with E-state index in [1.54, 1.807) is 12.1 Å². The highest BCUT2D eigenvalue weighted by Crippen LogP contribution is 2.23. The van der Waals surface area contributed by atoms with Crippen LogP contribution in [0, 0.1) is 6.92 Å². The number of carbonyl (C=O) groups excluding carboxylic acids is 1. The number of rotatable bonds is 8. The fraction of sp³-hybridized carbons (Fsp3) is 0.269. The van der Waals surface area contributed by atoms with Crippen molar-refractivity contribution < 1.29 is 17.9 Å². The van der Waals surface area contributed by atoms with E-state index in [9.17, 15) is 13.2 Å². The van der Waals surface area contributed by atoms with Gasteiger partial charge in [0.1, 0.15) is 0 Å². The van der Waals surface area contributed by atoms with Gasteiger partial charge in [-0.2, -0.15) is 0 Å². The zero-order valence-electron chi connectivity index (χ0n) is 19.5. The second-order valence-corrected chi connectivity index (χ2v) is 10.6. The van der Waals surface area contributed by atoms with Crippen LogP contribution in [0.5, 0.6) is 0 Å². The van der Waals surface area contributed by atoms with Crippen LogP contribution >= 0.6 is 11.6 Å². The normalized spacial score (nSPS) is 14.5. The molecule has 1 aliphatic heterocycles. The van der Waals surface area contributed by atoms with Crippen LogP contribution in [0.25, 0.3) is 0 Å². The van der Waals surface area contributed by atoms with Crippen molar-refractivity contribution >= 4 is 33.2 Å². The average Bonchev–Trinajstić information content (AvgIpc) is 2.85. The molecule has 0 spiro atoms. The zero-order valence-corrected chi connectivity index (χ0v) is 21.0. The lowest BCUT2D eigenvalue weighted by molar-refractivity contribution is 0.0342. The number of nitrogens with zero attached hydrogens (tertiary/aromatic N) is 1. The van der Waals surface area contributed by atoms with Gasteiger partial charge in [0, 0.05) is 31.9 Å². The first kappa shape index (κ1) is 25.2. The van der Waals surface area contributed by atoms with Crippen molar-refractivity contribution in [1.29, 1.82) is 0 Å². The van der Waals surface area contributed by atoms with Crippen LogP contribution in [0.2, 0.25) is 5.02 Å². The summed E-state index contributed by atoms with van der Waals surface area (Å²) in [6.07, 6.45) is 0.